The maximum absolute atomic E-state index is 12.3. The topological polar surface area (TPSA) is 107 Å². The first-order valence-electron chi connectivity index (χ1n) is 20.6. The van der Waals surface area contributed by atoms with E-state index in [1.807, 2.05) is 0 Å². The summed E-state index contributed by atoms with van der Waals surface area (Å²) in [6.45, 7) is 4.78. The fourth-order valence-electron chi connectivity index (χ4n) is 6.27. The zero-order valence-electron chi connectivity index (χ0n) is 32.6. The van der Waals surface area contributed by atoms with E-state index in [0.29, 0.717) is 12.8 Å². The van der Waals surface area contributed by atoms with Crippen LogP contribution in [-0.4, -0.2) is 72.9 Å². The fourth-order valence-corrected chi connectivity index (χ4v) is 6.93. The zero-order chi connectivity index (χ0) is 35.4. The van der Waals surface area contributed by atoms with Crippen molar-refractivity contribution in [2.75, 3.05) is 13.2 Å². The minimum Gasteiger partial charge on any atom is -0.466 e. The maximum atomic E-state index is 12.3. The summed E-state index contributed by atoms with van der Waals surface area (Å²) in [7, 11) is -4.77. The van der Waals surface area contributed by atoms with Crippen LogP contribution in [0.5, 0.6) is 0 Å². The molecule has 0 aliphatic carbocycles. The van der Waals surface area contributed by atoms with E-state index in [0.717, 1.165) is 32.1 Å². The molecule has 1 radical (unpaired) electrons. The Hall–Kier alpha value is -0.150. The van der Waals surface area contributed by atoms with E-state index in [1.54, 1.807) is 0 Å². The predicted molar refractivity (Wildman–Crippen MR) is 207 cm³/mol. The van der Waals surface area contributed by atoms with Gasteiger partial charge in [-0.05, 0) is 12.8 Å². The third-order valence-electron chi connectivity index (χ3n) is 9.48. The predicted octanol–water partition coefficient (Wildman–Crippen LogP) is 11.9. The van der Waals surface area contributed by atoms with Gasteiger partial charge in [0.15, 0.2) is 5.25 Å². The monoisotopic (exact) mass is 726 g/mol. The van der Waals surface area contributed by atoms with Gasteiger partial charge in [0.2, 0.25) is 0 Å². The van der Waals surface area contributed by atoms with E-state index < -0.39 is 33.7 Å². The van der Waals surface area contributed by atoms with Crippen molar-refractivity contribution in [1.82, 2.24) is 0 Å². The van der Waals surface area contributed by atoms with Crippen molar-refractivity contribution >= 4 is 51.6 Å². The first-order chi connectivity index (χ1) is 23.3. The normalized spacial score (nSPS) is 12.1. The molecule has 0 saturated heterocycles. The minimum atomic E-state index is -4.77. The fraction of sp³-hybridized carbons (Fsp3) is 0.950. The summed E-state index contributed by atoms with van der Waals surface area (Å²) < 4.78 is 43.3. The van der Waals surface area contributed by atoms with Gasteiger partial charge in [0.25, 0.3) is 10.1 Å². The Morgan fingerprint density at radius 2 is 0.694 bits per heavy atom. The molecular formula is C40H78NaO7S. The average molecular weight is 726 g/mol. The molecule has 49 heavy (non-hydrogen) atoms. The molecule has 1 N–H and O–H groups in total. The van der Waals surface area contributed by atoms with Crippen LogP contribution in [-0.2, 0) is 29.2 Å². The molecule has 0 fully saturated rings. The standard InChI is InChI=1S/C40H78O7S.Na/c1-3-5-7-9-11-13-15-17-19-21-23-25-27-29-31-33-35-46-39(41)37-38(48(43,44)45)40(42)47-36-34-32-30-28-26-24-22-20-18-16-14-12-10-8-6-4-2;/h38H,3-37H2,1-2H3,(H,43,44,45);. The van der Waals surface area contributed by atoms with Crippen molar-refractivity contribution in [3.05, 3.63) is 0 Å². The van der Waals surface area contributed by atoms with Crippen molar-refractivity contribution in [3.8, 4) is 0 Å². The molecule has 0 rings (SSSR count). The van der Waals surface area contributed by atoms with Crippen LogP contribution in [0.15, 0.2) is 0 Å². The van der Waals surface area contributed by atoms with Gasteiger partial charge in [-0.15, -0.1) is 0 Å². The number of carbonyl (C=O) groups is 2. The molecule has 0 aromatic rings. The SMILES string of the molecule is CCCCCCCCCCCCCCCCCCOC(=O)CC(C(=O)OCCCCCCCCCCCCCCCCCC)S(=O)(=O)O.[Na]. The Bertz CT molecular complexity index is 821. The molecule has 0 aliphatic heterocycles. The van der Waals surface area contributed by atoms with Gasteiger partial charge in [0, 0.05) is 29.6 Å². The van der Waals surface area contributed by atoms with Crippen molar-refractivity contribution in [2.45, 2.75) is 231 Å². The summed E-state index contributed by atoms with van der Waals surface area (Å²) in [5, 5.41) is -1.93. The van der Waals surface area contributed by atoms with E-state index in [9.17, 15) is 22.6 Å². The van der Waals surface area contributed by atoms with Crippen LogP contribution in [0.1, 0.15) is 226 Å². The van der Waals surface area contributed by atoms with Gasteiger partial charge in [0.05, 0.1) is 19.6 Å². The van der Waals surface area contributed by atoms with Crippen LogP contribution in [0.2, 0.25) is 0 Å². The molecule has 0 bridgehead atoms. The second-order valence-corrected chi connectivity index (χ2v) is 15.8. The number of carbonyl (C=O) groups excluding carboxylic acids is 2. The summed E-state index contributed by atoms with van der Waals surface area (Å²) >= 11 is 0. The van der Waals surface area contributed by atoms with Gasteiger partial charge in [-0.3, -0.25) is 14.1 Å². The van der Waals surface area contributed by atoms with E-state index in [1.165, 1.54) is 161 Å². The molecule has 287 valence electrons. The third kappa shape index (κ3) is 37.4. The summed E-state index contributed by atoms with van der Waals surface area (Å²) in [5.41, 5.74) is 0. The third-order valence-corrected chi connectivity index (χ3v) is 10.6. The smallest absolute Gasteiger partial charge is 0.327 e. The Kier molecular flexibility index (Phi) is 40.6. The first-order valence-corrected chi connectivity index (χ1v) is 22.1. The first kappa shape index (κ1) is 51.0. The average Bonchev–Trinajstić information content (AvgIpc) is 3.05. The quantitative estimate of drug-likeness (QED) is 0.0292. The van der Waals surface area contributed by atoms with Crippen LogP contribution in [0, 0.1) is 0 Å². The molecule has 0 amide bonds. The van der Waals surface area contributed by atoms with Gasteiger partial charge >= 0.3 is 11.9 Å². The van der Waals surface area contributed by atoms with Crippen molar-refractivity contribution in [1.29, 1.82) is 0 Å². The van der Waals surface area contributed by atoms with Crippen LogP contribution >= 0.6 is 0 Å². The van der Waals surface area contributed by atoms with Crippen molar-refractivity contribution < 1.29 is 32.0 Å². The van der Waals surface area contributed by atoms with E-state index >= 15 is 0 Å². The molecule has 0 spiro atoms. The molecule has 9 heteroatoms. The number of rotatable bonds is 38. The van der Waals surface area contributed by atoms with Gasteiger partial charge in [0.1, 0.15) is 0 Å². The van der Waals surface area contributed by atoms with Crippen LogP contribution in [0.4, 0.5) is 0 Å². The minimum absolute atomic E-state index is 0. The van der Waals surface area contributed by atoms with Crippen molar-refractivity contribution in [3.63, 3.8) is 0 Å². The molecule has 1 unspecified atom stereocenters. The maximum Gasteiger partial charge on any atom is 0.327 e. The molecule has 0 aromatic carbocycles. The number of unbranched alkanes of at least 4 members (excludes halogenated alkanes) is 30. The summed E-state index contributed by atoms with van der Waals surface area (Å²) in [5.74, 6) is -1.89. The van der Waals surface area contributed by atoms with Gasteiger partial charge in [-0.1, -0.05) is 206 Å². The zero-order valence-corrected chi connectivity index (χ0v) is 35.4. The van der Waals surface area contributed by atoms with Crippen molar-refractivity contribution in [2.24, 2.45) is 0 Å². The number of hydrogen-bond donors (Lipinski definition) is 1. The Labute approximate surface area is 326 Å². The Morgan fingerprint density at radius 1 is 0.449 bits per heavy atom. The van der Waals surface area contributed by atoms with Crippen LogP contribution < -0.4 is 0 Å². The Morgan fingerprint density at radius 3 is 0.959 bits per heavy atom. The summed E-state index contributed by atoms with van der Waals surface area (Å²) in [4.78, 5) is 24.5. The molecule has 0 heterocycles. The van der Waals surface area contributed by atoms with Gasteiger partial charge < -0.3 is 9.47 Å². The van der Waals surface area contributed by atoms with E-state index in [2.05, 4.69) is 13.8 Å². The molecule has 0 saturated carbocycles. The number of hydrogen-bond acceptors (Lipinski definition) is 6. The molecule has 0 aliphatic rings. The molecule has 0 aromatic heterocycles. The van der Waals surface area contributed by atoms with E-state index in [4.69, 9.17) is 9.47 Å². The molecule has 1 atom stereocenters. The van der Waals surface area contributed by atoms with Crippen LogP contribution in [0.3, 0.4) is 0 Å². The number of ether oxygens (including phenoxy) is 2. The summed E-state index contributed by atoms with van der Waals surface area (Å²) in [6, 6.07) is 0. The molecular weight excluding hydrogens is 647 g/mol. The summed E-state index contributed by atoms with van der Waals surface area (Å²) in [6.07, 6.45) is 39.0. The number of esters is 2. The van der Waals surface area contributed by atoms with Crippen LogP contribution in [0.25, 0.3) is 0 Å². The second-order valence-electron chi connectivity index (χ2n) is 14.2. The largest absolute Gasteiger partial charge is 0.466 e. The van der Waals surface area contributed by atoms with Gasteiger partial charge in [-0.2, -0.15) is 8.42 Å². The van der Waals surface area contributed by atoms with Gasteiger partial charge in [-0.25, -0.2) is 0 Å². The Balaban J connectivity index is 0. The van der Waals surface area contributed by atoms with E-state index in [-0.39, 0.29) is 42.8 Å². The second kappa shape index (κ2) is 39.1. The molecule has 7 nitrogen and oxygen atoms in total.